The van der Waals surface area contributed by atoms with Crippen LogP contribution in [0.1, 0.15) is 57.1 Å². The van der Waals surface area contributed by atoms with Gasteiger partial charge in [0.15, 0.2) is 23.0 Å². The van der Waals surface area contributed by atoms with Crippen LogP contribution in [-0.4, -0.2) is 75.1 Å². The molecule has 0 aliphatic heterocycles. The summed E-state index contributed by atoms with van der Waals surface area (Å²) in [5.74, 6) is -1.18. The number of aromatic amines is 2. The molecule has 0 aliphatic carbocycles. The maximum absolute atomic E-state index is 13.4. The molecular formula is C44H42Cl2F2N12O8P2. The van der Waals surface area contributed by atoms with Crippen LogP contribution in [0.25, 0.3) is 22.1 Å². The smallest absolute Gasteiger partial charge is 0.361 e. The number of anilines is 2. The Bertz CT molecular complexity index is 3240. The standard InChI is InChI=1S/C24H25ClFN6O4P.C20H17ClFN6O4P/c1-3-35-37(34,36-4-2)17-8-5-15(6-9-17)12-27-23-21-20(31-32-23)22(30-14-29-21)24(33)28-13-16-7-10-19(26)18(25)11-16;21-14-7-12(3-6-15(14)22)9-24-20(29)18-16-17(25-10-26-18)19(28-27-16)23-8-11-1-4-13(5-2-11)33(30,31)32/h5-11,14H,3-4,12-13H2,1-2H3,(H,28,33)(H2,27,31,32);1-7,10H,8-9H2,(H,24,29)(H2,23,27,28)(H2,30,31,32). The SMILES string of the molecule is CCOP(=O)(OCC)c1ccc(CNc2n[nH]c3c(C(=O)NCc4ccc(F)c(Cl)c4)ncnc23)cc1.O=C(NCc1ccc(F)c(Cl)c1)c1ncnc2c(NCc3ccc(P(=O)(O)O)cc3)n[nH]c12. The third kappa shape index (κ3) is 12.5. The molecule has 0 saturated heterocycles. The van der Waals surface area contributed by atoms with Crippen molar-refractivity contribution in [3.63, 3.8) is 0 Å². The quantitative estimate of drug-likeness (QED) is 0.0399. The molecule has 4 aromatic heterocycles. The van der Waals surface area contributed by atoms with Crippen LogP contribution in [0.4, 0.5) is 20.4 Å². The summed E-state index contributed by atoms with van der Waals surface area (Å²) in [6, 6.07) is 21.3. The largest absolute Gasteiger partial charge is 0.363 e. The zero-order valence-electron chi connectivity index (χ0n) is 36.9. The van der Waals surface area contributed by atoms with Gasteiger partial charge >= 0.3 is 15.2 Å². The van der Waals surface area contributed by atoms with E-state index in [1.807, 2.05) is 12.1 Å². The van der Waals surface area contributed by atoms with Gasteiger partial charge < -0.3 is 40.1 Å². The molecule has 20 nitrogen and oxygen atoms in total. The number of rotatable bonds is 18. The minimum atomic E-state index is -4.30. The first kappa shape index (κ1) is 51.1. The molecule has 0 fully saturated rings. The van der Waals surface area contributed by atoms with Gasteiger partial charge in [0.2, 0.25) is 0 Å². The number of amides is 2. The average Bonchev–Trinajstić information content (AvgIpc) is 3.98. The number of aromatic nitrogens is 8. The average molecular weight is 1040 g/mol. The van der Waals surface area contributed by atoms with Crippen molar-refractivity contribution in [1.29, 1.82) is 0 Å². The summed E-state index contributed by atoms with van der Waals surface area (Å²) in [6.07, 6.45) is 2.52. The number of nitrogens with one attached hydrogen (secondary N) is 6. The lowest BCUT2D eigenvalue weighted by Crippen LogP contribution is -2.24. The maximum Gasteiger partial charge on any atom is 0.361 e. The van der Waals surface area contributed by atoms with E-state index in [9.17, 15) is 37.3 Å². The number of hydrogen-bond donors (Lipinski definition) is 8. The highest BCUT2D eigenvalue weighted by Crippen LogP contribution is 2.46. The number of fused-ring (bicyclic) bond motifs is 2. The highest BCUT2D eigenvalue weighted by atomic mass is 35.5. The van der Waals surface area contributed by atoms with E-state index in [-0.39, 0.29) is 53.0 Å². The molecule has 0 atom stereocenters. The summed E-state index contributed by atoms with van der Waals surface area (Å²) < 4.78 is 61.6. The predicted molar refractivity (Wildman–Crippen MR) is 258 cm³/mol. The second kappa shape index (κ2) is 22.8. The summed E-state index contributed by atoms with van der Waals surface area (Å²) in [4.78, 5) is 60.3. The summed E-state index contributed by atoms with van der Waals surface area (Å²) in [5, 5.41) is 26.0. The van der Waals surface area contributed by atoms with Gasteiger partial charge in [-0.15, -0.1) is 0 Å². The Hall–Kier alpha value is -6.74. The van der Waals surface area contributed by atoms with Crippen molar-refractivity contribution in [3.05, 3.63) is 153 Å². The Morgan fingerprint density at radius 3 is 1.39 bits per heavy atom. The minimum absolute atomic E-state index is 0.0207. The first-order chi connectivity index (χ1) is 33.6. The predicted octanol–water partition coefficient (Wildman–Crippen LogP) is 7.07. The van der Waals surface area contributed by atoms with E-state index in [0.29, 0.717) is 63.2 Å². The third-order valence-corrected chi connectivity index (χ3v) is 13.7. The van der Waals surface area contributed by atoms with Crippen molar-refractivity contribution in [2.75, 3.05) is 23.8 Å². The summed E-state index contributed by atoms with van der Waals surface area (Å²) in [5.41, 5.74) is 4.64. The van der Waals surface area contributed by atoms with Gasteiger partial charge in [-0.25, -0.2) is 28.7 Å². The second-order valence-electron chi connectivity index (χ2n) is 14.8. The minimum Gasteiger partial charge on any atom is -0.363 e. The first-order valence-corrected chi connectivity index (χ1v) is 24.9. The fourth-order valence-electron chi connectivity index (χ4n) is 6.60. The van der Waals surface area contributed by atoms with Crippen LogP contribution in [0.2, 0.25) is 10.0 Å². The van der Waals surface area contributed by atoms with Crippen molar-refractivity contribution in [1.82, 2.24) is 51.0 Å². The highest BCUT2D eigenvalue weighted by molar-refractivity contribution is 7.62. The number of H-pyrrole nitrogens is 2. The van der Waals surface area contributed by atoms with E-state index >= 15 is 0 Å². The van der Waals surface area contributed by atoms with Gasteiger partial charge in [0.05, 0.1) is 33.9 Å². The van der Waals surface area contributed by atoms with E-state index in [1.165, 1.54) is 61.2 Å². The number of halogens is 4. The highest BCUT2D eigenvalue weighted by Gasteiger charge is 2.26. The van der Waals surface area contributed by atoms with E-state index in [1.54, 1.807) is 38.1 Å². The van der Waals surface area contributed by atoms with Crippen molar-refractivity contribution < 1.29 is 46.3 Å². The Kier molecular flexibility index (Phi) is 16.6. The van der Waals surface area contributed by atoms with Crippen LogP contribution in [0.5, 0.6) is 0 Å². The topological polar surface area (TPSA) is 284 Å². The lowest BCUT2D eigenvalue weighted by Gasteiger charge is -2.17. The van der Waals surface area contributed by atoms with Gasteiger partial charge in [0.25, 0.3) is 11.8 Å². The summed E-state index contributed by atoms with van der Waals surface area (Å²) in [7, 11) is -7.65. The molecule has 364 valence electrons. The Morgan fingerprint density at radius 2 is 1.00 bits per heavy atom. The maximum atomic E-state index is 13.4. The van der Waals surface area contributed by atoms with Gasteiger partial charge in [-0.2, -0.15) is 10.2 Å². The molecule has 0 saturated carbocycles. The van der Waals surface area contributed by atoms with Crippen molar-refractivity contribution in [2.45, 2.75) is 40.0 Å². The molecule has 8 rings (SSSR count). The molecule has 0 bridgehead atoms. The molecule has 2 amide bonds. The monoisotopic (exact) mass is 1040 g/mol. The van der Waals surface area contributed by atoms with Gasteiger partial charge in [-0.05, 0) is 84.6 Å². The van der Waals surface area contributed by atoms with Crippen LogP contribution < -0.4 is 31.9 Å². The van der Waals surface area contributed by atoms with Gasteiger partial charge in [-0.1, -0.05) is 59.6 Å². The molecule has 8 aromatic rings. The molecule has 4 heterocycles. The molecule has 0 unspecified atom stereocenters. The second-order valence-corrected chi connectivity index (χ2v) is 19.3. The molecule has 0 radical (unpaired) electrons. The summed E-state index contributed by atoms with van der Waals surface area (Å²) in [6.45, 7) is 5.03. The Labute approximate surface area is 407 Å². The van der Waals surface area contributed by atoms with Gasteiger partial charge in [0, 0.05) is 26.2 Å². The normalized spacial score (nSPS) is 11.5. The molecule has 0 spiro atoms. The van der Waals surface area contributed by atoms with Crippen LogP contribution in [-0.2, 0) is 44.4 Å². The van der Waals surface area contributed by atoms with Gasteiger partial charge in [0.1, 0.15) is 46.4 Å². The third-order valence-electron chi connectivity index (χ3n) is 10.0. The zero-order chi connectivity index (χ0) is 50.0. The van der Waals surface area contributed by atoms with Gasteiger partial charge in [-0.3, -0.25) is 28.9 Å². The van der Waals surface area contributed by atoms with Crippen molar-refractivity contribution in [3.8, 4) is 0 Å². The number of nitrogens with zero attached hydrogens (tertiary/aromatic N) is 6. The Morgan fingerprint density at radius 1 is 0.600 bits per heavy atom. The number of carbonyl (C=O) groups is 2. The fraction of sp³-hybridized carbons (Fsp3) is 0.182. The van der Waals surface area contributed by atoms with Crippen LogP contribution in [0.3, 0.4) is 0 Å². The fourth-order valence-corrected chi connectivity index (χ4v) is 9.11. The number of benzene rings is 4. The van der Waals surface area contributed by atoms with E-state index < -0.39 is 38.6 Å². The number of hydrogen-bond acceptors (Lipinski definition) is 14. The molecule has 0 aliphatic rings. The summed E-state index contributed by atoms with van der Waals surface area (Å²) >= 11 is 11.6. The van der Waals surface area contributed by atoms with E-state index in [0.717, 1.165) is 11.1 Å². The van der Waals surface area contributed by atoms with Crippen LogP contribution in [0, 0.1) is 11.6 Å². The van der Waals surface area contributed by atoms with Crippen LogP contribution in [0.15, 0.2) is 97.6 Å². The molecular weight excluding hydrogens is 995 g/mol. The van der Waals surface area contributed by atoms with E-state index in [2.05, 4.69) is 61.6 Å². The lowest BCUT2D eigenvalue weighted by atomic mass is 10.2. The Balaban J connectivity index is 0.000000208. The molecule has 8 N–H and O–H groups in total. The zero-order valence-corrected chi connectivity index (χ0v) is 40.2. The van der Waals surface area contributed by atoms with Crippen molar-refractivity contribution in [2.24, 2.45) is 0 Å². The molecule has 70 heavy (non-hydrogen) atoms. The first-order valence-electron chi connectivity index (χ1n) is 21.0. The lowest BCUT2D eigenvalue weighted by molar-refractivity contribution is 0.0939. The number of carbonyl (C=O) groups excluding carboxylic acids is 2. The molecule has 4 aromatic carbocycles. The van der Waals surface area contributed by atoms with Crippen LogP contribution >= 0.6 is 38.4 Å². The van der Waals surface area contributed by atoms with E-state index in [4.69, 9.17) is 32.2 Å². The van der Waals surface area contributed by atoms with Crippen molar-refractivity contribution >= 4 is 94.5 Å². The molecule has 26 heteroatoms.